The molecule has 112 valence electrons. The lowest BCUT2D eigenvalue weighted by molar-refractivity contribution is 0.312. The number of hydrogen-bond acceptors (Lipinski definition) is 3. The van der Waals surface area contributed by atoms with Crippen LogP contribution >= 0.6 is 15.9 Å². The van der Waals surface area contributed by atoms with E-state index < -0.39 is 10.0 Å². The van der Waals surface area contributed by atoms with Crippen molar-refractivity contribution >= 4 is 26.0 Å². The second-order valence-corrected chi connectivity index (χ2v) is 8.00. The van der Waals surface area contributed by atoms with E-state index in [1.165, 1.54) is 12.8 Å². The van der Waals surface area contributed by atoms with Crippen molar-refractivity contribution in [2.75, 3.05) is 19.6 Å². The van der Waals surface area contributed by atoms with Crippen LogP contribution in [0.2, 0.25) is 0 Å². The van der Waals surface area contributed by atoms with E-state index in [1.54, 1.807) is 6.07 Å². The van der Waals surface area contributed by atoms with E-state index in [9.17, 15) is 8.42 Å². The molecule has 2 rings (SSSR count). The van der Waals surface area contributed by atoms with E-state index in [0.29, 0.717) is 9.37 Å². The average Bonchev–Trinajstić information content (AvgIpc) is 2.79. The maximum absolute atomic E-state index is 12.4. The Balaban J connectivity index is 2.06. The van der Waals surface area contributed by atoms with Gasteiger partial charge in [0.15, 0.2) is 0 Å². The van der Waals surface area contributed by atoms with Crippen LogP contribution in [0, 0.1) is 6.92 Å². The van der Waals surface area contributed by atoms with Gasteiger partial charge in [0.1, 0.15) is 0 Å². The van der Waals surface area contributed by atoms with Crippen LogP contribution in [0.3, 0.4) is 0 Å². The van der Waals surface area contributed by atoms with E-state index in [-0.39, 0.29) is 6.04 Å². The topological polar surface area (TPSA) is 49.4 Å². The Morgan fingerprint density at radius 1 is 1.35 bits per heavy atom. The lowest BCUT2D eigenvalue weighted by atomic mass is 10.2. The fourth-order valence-corrected chi connectivity index (χ4v) is 4.97. The first-order chi connectivity index (χ1) is 9.38. The molecule has 1 heterocycles. The summed E-state index contributed by atoms with van der Waals surface area (Å²) in [5, 5.41) is 0. The molecule has 1 aliphatic heterocycles. The molecular weight excluding hydrogens is 340 g/mol. The van der Waals surface area contributed by atoms with Crippen molar-refractivity contribution in [2.24, 2.45) is 0 Å². The Bertz CT molecular complexity index is 569. The molecule has 0 spiro atoms. The van der Waals surface area contributed by atoms with Crippen LogP contribution in [0.15, 0.2) is 27.6 Å². The molecule has 1 aromatic carbocycles. The third-order valence-electron chi connectivity index (χ3n) is 3.46. The van der Waals surface area contributed by atoms with Gasteiger partial charge in [-0.05, 0) is 73.4 Å². The van der Waals surface area contributed by atoms with Crippen molar-refractivity contribution in [3.8, 4) is 0 Å². The van der Waals surface area contributed by atoms with E-state index in [4.69, 9.17) is 0 Å². The third-order valence-corrected chi connectivity index (χ3v) is 6.03. The molecule has 1 unspecified atom stereocenters. The monoisotopic (exact) mass is 360 g/mol. The number of aryl methyl sites for hydroxylation is 1. The molecule has 0 bridgehead atoms. The zero-order valence-electron chi connectivity index (χ0n) is 11.9. The predicted molar refractivity (Wildman–Crippen MR) is 84.3 cm³/mol. The normalized spacial score (nSPS) is 18.4. The number of halogens is 1. The number of nitrogens with zero attached hydrogens (tertiary/aromatic N) is 1. The first kappa shape index (κ1) is 15.9. The SMILES string of the molecule is Cc1ccc(S(=O)(=O)NC(C)CN2CCCC2)c(Br)c1. The van der Waals surface area contributed by atoms with Gasteiger partial charge in [0.2, 0.25) is 10.0 Å². The average molecular weight is 361 g/mol. The van der Waals surface area contributed by atoms with Crippen LogP contribution in [-0.2, 0) is 10.0 Å². The molecular formula is C14H21BrN2O2S. The Hall–Kier alpha value is -0.430. The molecule has 0 radical (unpaired) electrons. The number of rotatable bonds is 5. The fourth-order valence-electron chi connectivity index (χ4n) is 2.54. The van der Waals surface area contributed by atoms with Crippen LogP contribution in [-0.4, -0.2) is 39.0 Å². The highest BCUT2D eigenvalue weighted by atomic mass is 79.9. The molecule has 4 nitrogen and oxygen atoms in total. The first-order valence-electron chi connectivity index (χ1n) is 6.89. The highest BCUT2D eigenvalue weighted by Gasteiger charge is 2.22. The molecule has 0 amide bonds. The molecule has 1 saturated heterocycles. The Morgan fingerprint density at radius 3 is 2.60 bits per heavy atom. The summed E-state index contributed by atoms with van der Waals surface area (Å²) in [6, 6.07) is 5.18. The number of hydrogen-bond donors (Lipinski definition) is 1. The van der Waals surface area contributed by atoms with Crippen molar-refractivity contribution in [2.45, 2.75) is 37.6 Å². The van der Waals surface area contributed by atoms with Crippen LogP contribution in [0.5, 0.6) is 0 Å². The first-order valence-corrected chi connectivity index (χ1v) is 9.17. The van der Waals surface area contributed by atoms with Crippen LogP contribution < -0.4 is 4.72 Å². The molecule has 0 aromatic heterocycles. The second-order valence-electron chi connectivity index (χ2n) is 5.46. The molecule has 1 atom stereocenters. The minimum atomic E-state index is -3.47. The summed E-state index contributed by atoms with van der Waals surface area (Å²) in [6.45, 7) is 6.76. The van der Waals surface area contributed by atoms with Crippen molar-refractivity contribution in [3.63, 3.8) is 0 Å². The zero-order valence-corrected chi connectivity index (χ0v) is 14.3. The molecule has 1 fully saturated rings. The fraction of sp³-hybridized carbons (Fsp3) is 0.571. The summed E-state index contributed by atoms with van der Waals surface area (Å²) in [6.07, 6.45) is 2.42. The van der Waals surface area contributed by atoms with Gasteiger partial charge in [-0.15, -0.1) is 0 Å². The lowest BCUT2D eigenvalue weighted by Crippen LogP contribution is -2.41. The molecule has 1 N–H and O–H groups in total. The van der Waals surface area contributed by atoms with Gasteiger partial charge in [0.05, 0.1) is 4.90 Å². The maximum atomic E-state index is 12.4. The van der Waals surface area contributed by atoms with Gasteiger partial charge in [-0.1, -0.05) is 6.07 Å². The van der Waals surface area contributed by atoms with Crippen LogP contribution in [0.1, 0.15) is 25.3 Å². The molecule has 0 saturated carbocycles. The number of sulfonamides is 1. The van der Waals surface area contributed by atoms with Gasteiger partial charge >= 0.3 is 0 Å². The molecule has 1 aliphatic rings. The molecule has 20 heavy (non-hydrogen) atoms. The quantitative estimate of drug-likeness (QED) is 0.877. The van der Waals surface area contributed by atoms with Crippen molar-refractivity contribution in [3.05, 3.63) is 28.2 Å². The highest BCUT2D eigenvalue weighted by Crippen LogP contribution is 2.23. The van der Waals surface area contributed by atoms with E-state index in [0.717, 1.165) is 25.2 Å². The minimum absolute atomic E-state index is 0.0914. The van der Waals surface area contributed by atoms with Gasteiger partial charge in [0.25, 0.3) is 0 Å². The second kappa shape index (κ2) is 6.56. The van der Waals surface area contributed by atoms with Gasteiger partial charge < -0.3 is 4.90 Å². The summed E-state index contributed by atoms with van der Waals surface area (Å²) in [4.78, 5) is 2.61. The smallest absolute Gasteiger partial charge is 0.241 e. The maximum Gasteiger partial charge on any atom is 0.241 e. The van der Waals surface area contributed by atoms with Gasteiger partial charge in [-0.3, -0.25) is 0 Å². The summed E-state index contributed by atoms with van der Waals surface area (Å²) in [7, 11) is -3.47. The van der Waals surface area contributed by atoms with Crippen LogP contribution in [0.25, 0.3) is 0 Å². The summed E-state index contributed by atoms with van der Waals surface area (Å²) in [5.41, 5.74) is 1.03. The standard InChI is InChI=1S/C14H21BrN2O2S/c1-11-5-6-14(13(15)9-11)20(18,19)16-12(2)10-17-7-3-4-8-17/h5-6,9,12,16H,3-4,7-8,10H2,1-2H3. The third kappa shape index (κ3) is 4.04. The molecule has 0 aliphatic carbocycles. The Labute approximate surface area is 129 Å². The van der Waals surface area contributed by atoms with E-state index in [1.807, 2.05) is 26.0 Å². The summed E-state index contributed by atoms with van der Waals surface area (Å²) >= 11 is 3.33. The van der Waals surface area contributed by atoms with Gasteiger partial charge in [0, 0.05) is 17.1 Å². The number of benzene rings is 1. The predicted octanol–water partition coefficient (Wildman–Crippen LogP) is 2.52. The lowest BCUT2D eigenvalue weighted by Gasteiger charge is -2.21. The van der Waals surface area contributed by atoms with Crippen molar-refractivity contribution < 1.29 is 8.42 Å². The van der Waals surface area contributed by atoms with Crippen molar-refractivity contribution in [1.82, 2.24) is 9.62 Å². The van der Waals surface area contributed by atoms with Gasteiger partial charge in [-0.25, -0.2) is 13.1 Å². The van der Waals surface area contributed by atoms with E-state index >= 15 is 0 Å². The number of likely N-dealkylation sites (tertiary alicyclic amines) is 1. The minimum Gasteiger partial charge on any atom is -0.302 e. The highest BCUT2D eigenvalue weighted by molar-refractivity contribution is 9.10. The Morgan fingerprint density at radius 2 is 2.00 bits per heavy atom. The molecule has 1 aromatic rings. The zero-order chi connectivity index (χ0) is 14.8. The summed E-state index contributed by atoms with van der Waals surface area (Å²) in [5.74, 6) is 0. The number of nitrogens with one attached hydrogen (secondary N) is 1. The largest absolute Gasteiger partial charge is 0.302 e. The summed E-state index contributed by atoms with van der Waals surface area (Å²) < 4.78 is 28.1. The molecule has 6 heteroatoms. The van der Waals surface area contributed by atoms with Crippen LogP contribution in [0.4, 0.5) is 0 Å². The Kier molecular flexibility index (Phi) is 5.23. The van der Waals surface area contributed by atoms with Gasteiger partial charge in [-0.2, -0.15) is 0 Å². The van der Waals surface area contributed by atoms with E-state index in [2.05, 4.69) is 25.6 Å². The van der Waals surface area contributed by atoms with Crippen molar-refractivity contribution in [1.29, 1.82) is 0 Å².